The second kappa shape index (κ2) is 9.39. The van der Waals surface area contributed by atoms with Crippen LogP contribution in [0.5, 0.6) is 5.75 Å². The van der Waals surface area contributed by atoms with Gasteiger partial charge in [-0.2, -0.15) is 13.2 Å². The number of benzene rings is 2. The summed E-state index contributed by atoms with van der Waals surface area (Å²) in [5, 5.41) is 13.8. The molecule has 1 N–H and O–H groups in total. The van der Waals surface area contributed by atoms with Gasteiger partial charge in [0.05, 0.1) is 22.1 Å². The van der Waals surface area contributed by atoms with Crippen molar-refractivity contribution in [3.05, 3.63) is 57.6 Å². The Morgan fingerprint density at radius 3 is 2.35 bits per heavy atom. The lowest BCUT2D eigenvalue weighted by Crippen LogP contribution is -2.42. The molecule has 1 aliphatic heterocycles. The molecule has 1 saturated heterocycles. The van der Waals surface area contributed by atoms with E-state index in [0.29, 0.717) is 0 Å². The number of rotatable bonds is 5. The van der Waals surface area contributed by atoms with Crippen molar-refractivity contribution in [3.8, 4) is 5.75 Å². The lowest BCUT2D eigenvalue weighted by Gasteiger charge is -2.36. The molecule has 0 saturated carbocycles. The third kappa shape index (κ3) is 6.08. The molecule has 1 heterocycles. The van der Waals surface area contributed by atoms with Gasteiger partial charge in [0.2, 0.25) is 0 Å². The lowest BCUT2D eigenvalue weighted by molar-refractivity contribution is -0.385. The van der Waals surface area contributed by atoms with Crippen molar-refractivity contribution in [2.45, 2.75) is 32.3 Å². The number of nitro benzene ring substituents is 1. The highest BCUT2D eigenvalue weighted by Gasteiger charge is 2.42. The number of hydrogen-bond donors (Lipinski definition) is 1. The number of carbonyl (C=O) groups is 1. The first kappa shape index (κ1) is 25.1. The molecule has 2 aromatic rings. The molecule has 0 radical (unpaired) electrons. The molecule has 0 aromatic heterocycles. The van der Waals surface area contributed by atoms with Crippen LogP contribution in [0.4, 0.5) is 43.4 Å². The van der Waals surface area contributed by atoms with Crippen molar-refractivity contribution < 1.29 is 40.8 Å². The summed E-state index contributed by atoms with van der Waals surface area (Å²) in [5.74, 6) is -3.01. The predicted molar refractivity (Wildman–Crippen MR) is 110 cm³/mol. The number of alkyl halides is 6. The van der Waals surface area contributed by atoms with Crippen LogP contribution in [0.25, 0.3) is 0 Å². The number of aryl methyl sites for hydroxylation is 1. The van der Waals surface area contributed by atoms with Gasteiger partial charge in [-0.25, -0.2) is 0 Å². The lowest BCUT2D eigenvalue weighted by atomic mass is 9.95. The average Bonchev–Trinajstić information content (AvgIpc) is 2.73. The molecule has 34 heavy (non-hydrogen) atoms. The summed E-state index contributed by atoms with van der Waals surface area (Å²) in [4.78, 5) is 25.0. The van der Waals surface area contributed by atoms with Gasteiger partial charge < -0.3 is 15.0 Å². The van der Waals surface area contributed by atoms with Crippen LogP contribution in [0.15, 0.2) is 36.4 Å². The largest absolute Gasteiger partial charge is 0.573 e. The van der Waals surface area contributed by atoms with Crippen molar-refractivity contribution in [1.29, 1.82) is 0 Å². The average molecular weight is 491 g/mol. The van der Waals surface area contributed by atoms with Crippen LogP contribution in [0.2, 0.25) is 0 Å². The summed E-state index contributed by atoms with van der Waals surface area (Å²) in [6.07, 6.45) is -9.19. The normalized spacial score (nSPS) is 16.8. The van der Waals surface area contributed by atoms with E-state index in [4.69, 9.17) is 0 Å². The third-order valence-corrected chi connectivity index (χ3v) is 5.33. The van der Waals surface area contributed by atoms with E-state index in [1.165, 1.54) is 17.9 Å². The molecule has 0 bridgehead atoms. The minimum absolute atomic E-state index is 0.0560. The maximum absolute atomic E-state index is 13.3. The summed E-state index contributed by atoms with van der Waals surface area (Å²) in [6.45, 7) is 1.21. The van der Waals surface area contributed by atoms with Crippen molar-refractivity contribution in [2.24, 2.45) is 5.92 Å². The number of carbonyl (C=O) groups excluding carboxylic acids is 1. The third-order valence-electron chi connectivity index (χ3n) is 5.33. The van der Waals surface area contributed by atoms with E-state index in [-0.39, 0.29) is 41.9 Å². The Labute approximate surface area is 189 Å². The molecule has 3 rings (SSSR count). The molecular formula is C21H19F6N3O4. The van der Waals surface area contributed by atoms with E-state index in [0.717, 1.165) is 30.3 Å². The van der Waals surface area contributed by atoms with Crippen LogP contribution >= 0.6 is 0 Å². The van der Waals surface area contributed by atoms with E-state index in [1.807, 2.05) is 0 Å². The summed E-state index contributed by atoms with van der Waals surface area (Å²) >= 11 is 0. The summed E-state index contributed by atoms with van der Waals surface area (Å²) in [6, 6.07) is 6.45. The maximum atomic E-state index is 13.3. The zero-order valence-corrected chi connectivity index (χ0v) is 17.7. The number of piperidine rings is 1. The SMILES string of the molecule is Cc1cc(N2CCCC(C(F)(F)F)C2)c(C(=O)Nc2ccc(OC(F)(F)F)cc2)cc1[N+](=O)[O-]. The van der Waals surface area contributed by atoms with Crippen LogP contribution in [0.3, 0.4) is 0 Å². The van der Waals surface area contributed by atoms with Crippen LogP contribution in [0, 0.1) is 23.0 Å². The monoisotopic (exact) mass is 491 g/mol. The highest BCUT2D eigenvalue weighted by Crippen LogP contribution is 2.37. The number of halogens is 6. The number of anilines is 2. The van der Waals surface area contributed by atoms with E-state index >= 15 is 0 Å². The van der Waals surface area contributed by atoms with Gasteiger partial charge in [-0.15, -0.1) is 13.2 Å². The van der Waals surface area contributed by atoms with Crippen LogP contribution < -0.4 is 15.0 Å². The standard InChI is InChI=1S/C21H19F6N3O4/c1-12-9-18(29-8-2-3-13(11-29)20(22,23)24)16(10-17(12)30(32)33)19(31)28-14-4-6-15(7-5-14)34-21(25,26)27/h4-7,9-10,13H,2-3,8,11H2,1H3,(H,28,31). The fraction of sp³-hybridized carbons (Fsp3) is 0.381. The van der Waals surface area contributed by atoms with Crippen LogP contribution in [0.1, 0.15) is 28.8 Å². The Bertz CT molecular complexity index is 1070. The molecule has 1 unspecified atom stereocenters. The van der Waals surface area contributed by atoms with E-state index in [9.17, 15) is 41.3 Å². The van der Waals surface area contributed by atoms with Gasteiger partial charge in [0, 0.05) is 30.4 Å². The van der Waals surface area contributed by atoms with Gasteiger partial charge in [-0.05, 0) is 50.1 Å². The molecule has 2 aromatic carbocycles. The van der Waals surface area contributed by atoms with Crippen molar-refractivity contribution in [1.82, 2.24) is 0 Å². The zero-order chi connectivity index (χ0) is 25.3. The molecule has 1 aliphatic rings. The minimum Gasteiger partial charge on any atom is -0.406 e. The Kier molecular flexibility index (Phi) is 6.94. The summed E-state index contributed by atoms with van der Waals surface area (Å²) in [5.41, 5.74) is -0.297. The summed E-state index contributed by atoms with van der Waals surface area (Å²) < 4.78 is 80.5. The fourth-order valence-corrected chi connectivity index (χ4v) is 3.72. The predicted octanol–water partition coefficient (Wildman–Crippen LogP) is 5.83. The van der Waals surface area contributed by atoms with Crippen molar-refractivity contribution in [3.63, 3.8) is 0 Å². The Morgan fingerprint density at radius 1 is 1.15 bits per heavy atom. The van der Waals surface area contributed by atoms with Gasteiger partial charge >= 0.3 is 12.5 Å². The van der Waals surface area contributed by atoms with Crippen LogP contribution in [-0.4, -0.2) is 36.5 Å². The topological polar surface area (TPSA) is 84.7 Å². The first-order valence-electron chi connectivity index (χ1n) is 10.0. The molecule has 13 heteroatoms. The summed E-state index contributed by atoms with van der Waals surface area (Å²) in [7, 11) is 0. The number of nitrogens with one attached hydrogen (secondary N) is 1. The number of nitro groups is 1. The Balaban J connectivity index is 1.92. The number of nitrogens with zero attached hydrogens (tertiary/aromatic N) is 2. The maximum Gasteiger partial charge on any atom is 0.573 e. The second-order valence-corrected chi connectivity index (χ2v) is 7.77. The van der Waals surface area contributed by atoms with Gasteiger partial charge in [-0.3, -0.25) is 14.9 Å². The molecule has 1 atom stereocenters. The fourth-order valence-electron chi connectivity index (χ4n) is 3.72. The minimum atomic E-state index is -4.90. The highest BCUT2D eigenvalue weighted by molar-refractivity contribution is 6.08. The number of hydrogen-bond acceptors (Lipinski definition) is 5. The van der Waals surface area contributed by atoms with E-state index in [1.54, 1.807) is 0 Å². The molecule has 0 aliphatic carbocycles. The molecular weight excluding hydrogens is 472 g/mol. The molecule has 1 amide bonds. The molecule has 1 fully saturated rings. The Morgan fingerprint density at radius 2 is 1.79 bits per heavy atom. The molecule has 0 spiro atoms. The smallest absolute Gasteiger partial charge is 0.406 e. The van der Waals surface area contributed by atoms with E-state index in [2.05, 4.69) is 10.1 Å². The molecule has 7 nitrogen and oxygen atoms in total. The molecule has 184 valence electrons. The quantitative estimate of drug-likeness (QED) is 0.323. The van der Waals surface area contributed by atoms with Crippen molar-refractivity contribution >= 4 is 23.0 Å². The first-order valence-corrected chi connectivity index (χ1v) is 10.0. The van der Waals surface area contributed by atoms with E-state index < -0.39 is 47.3 Å². The van der Waals surface area contributed by atoms with Gasteiger partial charge in [0.15, 0.2) is 0 Å². The van der Waals surface area contributed by atoms with Crippen LogP contribution in [-0.2, 0) is 0 Å². The van der Waals surface area contributed by atoms with Crippen molar-refractivity contribution in [2.75, 3.05) is 23.3 Å². The first-order chi connectivity index (χ1) is 15.7. The Hall–Kier alpha value is -3.51. The number of amides is 1. The van der Waals surface area contributed by atoms with Gasteiger partial charge in [0.1, 0.15) is 5.75 Å². The number of ether oxygens (including phenoxy) is 1. The van der Waals surface area contributed by atoms with Gasteiger partial charge in [0.25, 0.3) is 11.6 Å². The zero-order valence-electron chi connectivity index (χ0n) is 17.7. The van der Waals surface area contributed by atoms with Gasteiger partial charge in [-0.1, -0.05) is 0 Å². The second-order valence-electron chi connectivity index (χ2n) is 7.77. The highest BCUT2D eigenvalue weighted by atomic mass is 19.4.